The highest BCUT2D eigenvalue weighted by Crippen LogP contribution is 2.37. The number of likely N-dealkylation sites (tertiary alicyclic amines) is 2. The number of amides is 2. The van der Waals surface area contributed by atoms with Gasteiger partial charge in [0.25, 0.3) is 0 Å². The van der Waals surface area contributed by atoms with Crippen molar-refractivity contribution in [1.29, 1.82) is 0 Å². The van der Waals surface area contributed by atoms with Gasteiger partial charge in [0.2, 0.25) is 0 Å². The van der Waals surface area contributed by atoms with Crippen LogP contribution in [0.2, 0.25) is 0 Å². The minimum absolute atomic E-state index is 0.0969. The fourth-order valence-corrected chi connectivity index (χ4v) is 5.85. The summed E-state index contributed by atoms with van der Waals surface area (Å²) in [5, 5.41) is 0. The Labute approximate surface area is 259 Å². The first kappa shape index (κ1) is 32.3. The van der Waals surface area contributed by atoms with Gasteiger partial charge in [0.05, 0.1) is 17.3 Å². The van der Waals surface area contributed by atoms with Crippen LogP contribution in [0.3, 0.4) is 0 Å². The first-order valence-electron chi connectivity index (χ1n) is 15.2. The largest absolute Gasteiger partial charge is 0.445 e. The van der Waals surface area contributed by atoms with Crippen LogP contribution in [0.25, 0.3) is 11.3 Å². The van der Waals surface area contributed by atoms with Crippen LogP contribution in [0.4, 0.5) is 27.2 Å². The second-order valence-electron chi connectivity index (χ2n) is 12.6. The van der Waals surface area contributed by atoms with Gasteiger partial charge in [0, 0.05) is 43.9 Å². The number of imidazole rings is 1. The molecule has 2 saturated heterocycles. The first-order valence-corrected chi connectivity index (χ1v) is 15.2. The van der Waals surface area contributed by atoms with Crippen LogP contribution in [0.1, 0.15) is 75.4 Å². The van der Waals surface area contributed by atoms with E-state index in [1.54, 1.807) is 36.8 Å². The van der Waals surface area contributed by atoms with E-state index < -0.39 is 35.3 Å². The van der Waals surface area contributed by atoms with Crippen molar-refractivity contribution in [3.63, 3.8) is 0 Å². The zero-order valence-electron chi connectivity index (χ0n) is 25.6. The normalized spacial score (nSPS) is 18.2. The summed E-state index contributed by atoms with van der Waals surface area (Å²) in [7, 11) is 0. The van der Waals surface area contributed by atoms with E-state index >= 15 is 0 Å². The molecule has 5 rings (SSSR count). The molecule has 2 amide bonds. The van der Waals surface area contributed by atoms with Gasteiger partial charge in [-0.25, -0.2) is 19.0 Å². The second-order valence-corrected chi connectivity index (χ2v) is 12.6. The highest BCUT2D eigenvalue weighted by Gasteiger charge is 2.36. The van der Waals surface area contributed by atoms with Crippen LogP contribution >= 0.6 is 0 Å². The number of alkyl halides is 3. The first-order chi connectivity index (χ1) is 21.3. The van der Waals surface area contributed by atoms with E-state index in [9.17, 15) is 27.2 Å². The number of benzene rings is 2. The molecule has 8 nitrogen and oxygen atoms in total. The molecule has 2 aromatic carbocycles. The topological polar surface area (TPSA) is 76.9 Å². The van der Waals surface area contributed by atoms with Crippen molar-refractivity contribution >= 4 is 12.2 Å². The molecular weight excluding hydrogens is 592 g/mol. The molecule has 0 bridgehead atoms. The fourth-order valence-electron chi connectivity index (χ4n) is 5.85. The Morgan fingerprint density at radius 3 is 2.31 bits per heavy atom. The predicted molar refractivity (Wildman–Crippen MR) is 159 cm³/mol. The maximum Gasteiger partial charge on any atom is 0.419 e. The van der Waals surface area contributed by atoms with E-state index in [2.05, 4.69) is 0 Å². The Kier molecular flexibility index (Phi) is 9.41. The van der Waals surface area contributed by atoms with Crippen molar-refractivity contribution in [2.24, 2.45) is 0 Å². The molecule has 3 aromatic rings. The maximum atomic E-state index is 14.1. The Bertz CT molecular complexity index is 1490. The molecule has 45 heavy (non-hydrogen) atoms. The minimum atomic E-state index is -4.86. The van der Waals surface area contributed by atoms with Crippen molar-refractivity contribution in [2.45, 2.75) is 76.8 Å². The maximum absolute atomic E-state index is 14.1. The average Bonchev–Trinajstić information content (AvgIpc) is 3.45. The van der Waals surface area contributed by atoms with Gasteiger partial charge in [-0.3, -0.25) is 0 Å². The van der Waals surface area contributed by atoms with Crippen LogP contribution in [-0.2, 0) is 22.3 Å². The van der Waals surface area contributed by atoms with Crippen molar-refractivity contribution in [1.82, 2.24) is 19.4 Å². The van der Waals surface area contributed by atoms with Gasteiger partial charge < -0.3 is 23.8 Å². The Morgan fingerprint density at radius 2 is 1.64 bits per heavy atom. The molecule has 2 aliphatic rings. The number of piperidine rings is 2. The van der Waals surface area contributed by atoms with Gasteiger partial charge in [-0.05, 0) is 70.2 Å². The van der Waals surface area contributed by atoms with Crippen molar-refractivity contribution in [3.05, 3.63) is 77.5 Å². The van der Waals surface area contributed by atoms with Crippen LogP contribution in [-0.4, -0.2) is 63.3 Å². The summed E-state index contributed by atoms with van der Waals surface area (Å²) in [5.74, 6) is -0.783. The molecule has 0 radical (unpaired) electrons. The third kappa shape index (κ3) is 7.96. The number of rotatable bonds is 5. The molecule has 0 saturated carbocycles. The summed E-state index contributed by atoms with van der Waals surface area (Å²) in [6, 6.07) is 12.1. The molecule has 242 valence electrons. The van der Waals surface area contributed by atoms with E-state index in [1.807, 2.05) is 34.9 Å². The highest BCUT2D eigenvalue weighted by atomic mass is 19.4. The van der Waals surface area contributed by atoms with Gasteiger partial charge in [0.15, 0.2) is 0 Å². The van der Waals surface area contributed by atoms with E-state index in [0.717, 1.165) is 24.1 Å². The van der Waals surface area contributed by atoms with Gasteiger partial charge in [-0.1, -0.05) is 30.3 Å². The van der Waals surface area contributed by atoms with Gasteiger partial charge >= 0.3 is 18.4 Å². The molecule has 0 unspecified atom stereocenters. The summed E-state index contributed by atoms with van der Waals surface area (Å²) in [6.07, 6.45) is -1.43. The lowest BCUT2D eigenvalue weighted by Gasteiger charge is -2.36. The van der Waals surface area contributed by atoms with Gasteiger partial charge in [-0.15, -0.1) is 0 Å². The standard InChI is InChI=1S/C33H38F4N4O4/c1-32(2,3)45-31(43)39-16-13-23(14-17-39)29-38-28(24-11-12-27(34)26(18-24)33(35,36)37)20-41(29)25-10-7-15-40(19-25)30(42)44-21-22-8-5-4-6-9-22/h4-6,8-9,11-12,18,20,23,25H,7,10,13-17,19,21H2,1-3H3/t25-/m1/s1. The Morgan fingerprint density at radius 1 is 0.933 bits per heavy atom. The number of ether oxygens (including phenoxy) is 2. The van der Waals surface area contributed by atoms with E-state index in [4.69, 9.17) is 14.5 Å². The summed E-state index contributed by atoms with van der Waals surface area (Å²) >= 11 is 0. The highest BCUT2D eigenvalue weighted by molar-refractivity contribution is 5.68. The number of nitrogens with zero attached hydrogens (tertiary/aromatic N) is 4. The number of halogens is 4. The van der Waals surface area contributed by atoms with Crippen LogP contribution in [0.5, 0.6) is 0 Å². The number of hydrogen-bond acceptors (Lipinski definition) is 5. The van der Waals surface area contributed by atoms with E-state index in [0.29, 0.717) is 51.3 Å². The quantitative estimate of drug-likeness (QED) is 0.269. The molecule has 1 atom stereocenters. The van der Waals surface area contributed by atoms with Gasteiger partial charge in [-0.2, -0.15) is 13.2 Å². The molecule has 2 aliphatic heterocycles. The molecule has 1 aromatic heterocycles. The smallest absolute Gasteiger partial charge is 0.419 e. The summed E-state index contributed by atoms with van der Waals surface area (Å²) in [4.78, 5) is 33.8. The molecular formula is C33H38F4N4O4. The number of carbonyl (C=O) groups is 2. The zero-order chi connectivity index (χ0) is 32.4. The lowest BCUT2D eigenvalue weighted by atomic mass is 9.95. The number of hydrogen-bond donors (Lipinski definition) is 0. The fraction of sp³-hybridized carbons (Fsp3) is 0.485. The minimum Gasteiger partial charge on any atom is -0.445 e. The zero-order valence-corrected chi connectivity index (χ0v) is 25.6. The van der Waals surface area contributed by atoms with Gasteiger partial charge in [0.1, 0.15) is 23.8 Å². The molecule has 12 heteroatoms. The van der Waals surface area contributed by atoms with Crippen LogP contribution in [0.15, 0.2) is 54.7 Å². The lowest BCUT2D eigenvalue weighted by Crippen LogP contribution is -2.43. The van der Waals surface area contributed by atoms with E-state index in [1.165, 1.54) is 6.07 Å². The third-order valence-electron chi connectivity index (χ3n) is 8.09. The predicted octanol–water partition coefficient (Wildman–Crippen LogP) is 7.80. The summed E-state index contributed by atoms with van der Waals surface area (Å²) in [6.45, 7) is 7.27. The molecule has 0 spiro atoms. The lowest BCUT2D eigenvalue weighted by molar-refractivity contribution is -0.139. The Hall–Kier alpha value is -4.09. The van der Waals surface area contributed by atoms with Crippen LogP contribution in [0, 0.1) is 5.82 Å². The third-order valence-corrected chi connectivity index (χ3v) is 8.09. The SMILES string of the molecule is CC(C)(C)OC(=O)N1CCC(c2nc(-c3ccc(F)c(C(F)(F)F)c3)cn2[C@@H]2CCCN(C(=O)OCc3ccccc3)C2)CC1. The average molecular weight is 631 g/mol. The summed E-state index contributed by atoms with van der Waals surface area (Å²) in [5.41, 5.74) is -0.680. The van der Waals surface area contributed by atoms with Crippen molar-refractivity contribution < 1.29 is 36.6 Å². The molecule has 0 N–H and O–H groups in total. The monoisotopic (exact) mass is 630 g/mol. The second kappa shape index (κ2) is 13.1. The number of aromatic nitrogens is 2. The van der Waals surface area contributed by atoms with Crippen molar-refractivity contribution in [2.75, 3.05) is 26.2 Å². The summed E-state index contributed by atoms with van der Waals surface area (Å²) < 4.78 is 67.8. The molecule has 0 aliphatic carbocycles. The number of carbonyl (C=O) groups excluding carboxylic acids is 2. The molecule has 3 heterocycles. The molecule has 2 fully saturated rings. The van der Waals surface area contributed by atoms with Crippen LogP contribution < -0.4 is 0 Å². The Balaban J connectivity index is 1.39. The van der Waals surface area contributed by atoms with Crippen molar-refractivity contribution in [3.8, 4) is 11.3 Å². The van der Waals surface area contributed by atoms with E-state index in [-0.39, 0.29) is 29.8 Å².